The van der Waals surface area contributed by atoms with Gasteiger partial charge in [0.2, 0.25) is 11.8 Å². The third-order valence-corrected chi connectivity index (χ3v) is 8.33. The van der Waals surface area contributed by atoms with Crippen molar-refractivity contribution in [1.82, 2.24) is 10.2 Å². The quantitative estimate of drug-likeness (QED) is 0.314. The highest BCUT2D eigenvalue weighted by atomic mass is 35.5. The zero-order chi connectivity index (χ0) is 28.6. The van der Waals surface area contributed by atoms with Gasteiger partial charge in [-0.1, -0.05) is 53.5 Å². The lowest BCUT2D eigenvalue weighted by Crippen LogP contribution is -2.51. The maximum atomic E-state index is 13.9. The Hall–Kier alpha value is -3.27. The van der Waals surface area contributed by atoms with Crippen LogP contribution < -0.4 is 14.4 Å². The molecule has 3 rings (SSSR count). The molecule has 208 valence electrons. The molecule has 0 bridgehead atoms. The van der Waals surface area contributed by atoms with Gasteiger partial charge in [-0.15, -0.1) is 0 Å². The molecule has 3 aromatic rings. The first-order chi connectivity index (χ1) is 18.6. The predicted molar refractivity (Wildman–Crippen MR) is 154 cm³/mol. The number of likely N-dealkylation sites (N-methyl/N-ethyl adjacent to an activating group) is 1. The summed E-state index contributed by atoms with van der Waals surface area (Å²) in [7, 11) is -4.26. The summed E-state index contributed by atoms with van der Waals surface area (Å²) in [5.41, 5.74) is 0.802. The maximum absolute atomic E-state index is 13.9. The Morgan fingerprint density at radius 2 is 1.59 bits per heavy atom. The molecule has 0 spiro atoms. The van der Waals surface area contributed by atoms with Crippen LogP contribution in [0.4, 0.5) is 5.69 Å². The van der Waals surface area contributed by atoms with Gasteiger partial charge in [-0.2, -0.15) is 0 Å². The number of hydrogen-bond acceptors (Lipinski definition) is 5. The van der Waals surface area contributed by atoms with Crippen molar-refractivity contribution in [2.45, 2.75) is 38.3 Å². The predicted octanol–water partition coefficient (Wildman–Crippen LogP) is 5.14. The van der Waals surface area contributed by atoms with Gasteiger partial charge >= 0.3 is 0 Å². The topological polar surface area (TPSA) is 96.0 Å². The molecule has 11 heteroatoms. The molecule has 0 aromatic heterocycles. The summed E-state index contributed by atoms with van der Waals surface area (Å²) < 4.78 is 34.6. The molecule has 0 fully saturated rings. The minimum Gasteiger partial charge on any atom is -0.492 e. The van der Waals surface area contributed by atoms with Gasteiger partial charge in [0.15, 0.2) is 0 Å². The van der Waals surface area contributed by atoms with Gasteiger partial charge in [0.05, 0.1) is 17.2 Å². The number of benzene rings is 3. The lowest BCUT2D eigenvalue weighted by molar-refractivity contribution is -0.139. The fraction of sp³-hybridized carbons (Fsp3) is 0.286. The Morgan fingerprint density at radius 3 is 2.23 bits per heavy atom. The molecule has 0 aliphatic heterocycles. The van der Waals surface area contributed by atoms with Crippen molar-refractivity contribution >= 4 is 50.7 Å². The lowest BCUT2D eigenvalue weighted by Gasteiger charge is -2.32. The van der Waals surface area contributed by atoms with E-state index in [1.165, 1.54) is 29.2 Å². The van der Waals surface area contributed by atoms with Crippen LogP contribution in [0.2, 0.25) is 10.0 Å². The molecule has 1 N–H and O–H groups in total. The number of rotatable bonds is 12. The monoisotopic (exact) mass is 591 g/mol. The minimum atomic E-state index is -4.26. The Labute approximate surface area is 239 Å². The van der Waals surface area contributed by atoms with Crippen LogP contribution in [0.15, 0.2) is 77.7 Å². The van der Waals surface area contributed by atoms with Gasteiger partial charge in [-0.05, 0) is 68.8 Å². The minimum absolute atomic E-state index is 0.00124. The highest BCUT2D eigenvalue weighted by Gasteiger charge is 2.34. The van der Waals surface area contributed by atoms with Crippen LogP contribution in [0.1, 0.15) is 26.3 Å². The third kappa shape index (κ3) is 7.44. The number of anilines is 1. The zero-order valence-corrected chi connectivity index (χ0v) is 24.3. The molecule has 0 saturated heterocycles. The summed E-state index contributed by atoms with van der Waals surface area (Å²) in [6.45, 7) is 5.20. The van der Waals surface area contributed by atoms with E-state index in [-0.39, 0.29) is 29.6 Å². The van der Waals surface area contributed by atoms with Crippen molar-refractivity contribution in [3.63, 3.8) is 0 Å². The van der Waals surface area contributed by atoms with E-state index < -0.39 is 28.5 Å². The van der Waals surface area contributed by atoms with E-state index in [1.807, 2.05) is 0 Å². The maximum Gasteiger partial charge on any atom is 0.264 e. The van der Waals surface area contributed by atoms with Gasteiger partial charge in [-0.25, -0.2) is 8.42 Å². The second kappa shape index (κ2) is 13.7. The molecular weight excluding hydrogens is 561 g/mol. The summed E-state index contributed by atoms with van der Waals surface area (Å²) in [5.74, 6) is -0.683. The Bertz CT molecular complexity index is 1400. The van der Waals surface area contributed by atoms with Crippen molar-refractivity contribution in [2.75, 3.05) is 24.0 Å². The Morgan fingerprint density at radius 1 is 0.949 bits per heavy atom. The highest BCUT2D eigenvalue weighted by Crippen LogP contribution is 2.33. The average molecular weight is 593 g/mol. The van der Waals surface area contributed by atoms with Gasteiger partial charge in [0.1, 0.15) is 18.3 Å². The molecule has 2 amide bonds. The highest BCUT2D eigenvalue weighted by molar-refractivity contribution is 7.92. The number of nitrogens with zero attached hydrogens (tertiary/aromatic N) is 2. The van der Waals surface area contributed by atoms with Gasteiger partial charge in [-0.3, -0.25) is 13.9 Å². The van der Waals surface area contributed by atoms with Crippen molar-refractivity contribution < 1.29 is 22.7 Å². The summed E-state index contributed by atoms with van der Waals surface area (Å²) in [5, 5.41) is 3.51. The molecular formula is C28H31Cl2N3O5S. The number of amides is 2. The van der Waals surface area contributed by atoms with Crippen LogP contribution in [-0.4, -0.2) is 50.9 Å². The van der Waals surface area contributed by atoms with Crippen LogP contribution in [0.3, 0.4) is 0 Å². The number of hydrogen-bond donors (Lipinski definition) is 1. The Balaban J connectivity index is 2.09. The number of para-hydroxylation sites is 2. The van der Waals surface area contributed by atoms with Crippen LogP contribution in [0.5, 0.6) is 5.75 Å². The number of ether oxygens (including phenoxy) is 1. The van der Waals surface area contributed by atoms with Crippen molar-refractivity contribution in [1.29, 1.82) is 0 Å². The number of nitrogens with one attached hydrogen (secondary N) is 1. The second-order valence-electron chi connectivity index (χ2n) is 8.55. The summed E-state index contributed by atoms with van der Waals surface area (Å²) in [4.78, 5) is 28.0. The molecule has 0 aliphatic carbocycles. The van der Waals surface area contributed by atoms with Crippen molar-refractivity contribution in [3.05, 3.63) is 88.4 Å². The van der Waals surface area contributed by atoms with Gasteiger partial charge in [0, 0.05) is 23.1 Å². The van der Waals surface area contributed by atoms with E-state index in [0.717, 1.165) is 4.31 Å². The smallest absolute Gasteiger partial charge is 0.264 e. The average Bonchev–Trinajstić information content (AvgIpc) is 2.91. The molecule has 0 aliphatic rings. The third-order valence-electron chi connectivity index (χ3n) is 5.93. The zero-order valence-electron chi connectivity index (χ0n) is 21.9. The SMILES string of the molecule is CCNC(=O)C(C)N(Cc1ccccc1Cl)C(=O)CN(c1ccccc1OCC)S(=O)(=O)c1ccc(Cl)cc1. The fourth-order valence-electron chi connectivity index (χ4n) is 3.90. The molecule has 0 heterocycles. The van der Waals surface area contributed by atoms with Gasteiger partial charge in [0.25, 0.3) is 10.0 Å². The molecule has 1 atom stereocenters. The number of carbonyl (C=O) groups excluding carboxylic acids is 2. The van der Waals surface area contributed by atoms with E-state index in [2.05, 4.69) is 5.32 Å². The van der Waals surface area contributed by atoms with Crippen LogP contribution >= 0.6 is 23.2 Å². The van der Waals surface area contributed by atoms with E-state index >= 15 is 0 Å². The summed E-state index contributed by atoms with van der Waals surface area (Å²) in [6.07, 6.45) is 0. The molecule has 3 aromatic carbocycles. The van der Waals surface area contributed by atoms with Crippen LogP contribution in [0.25, 0.3) is 0 Å². The van der Waals surface area contributed by atoms with Crippen LogP contribution in [0, 0.1) is 0 Å². The van der Waals surface area contributed by atoms with Crippen LogP contribution in [-0.2, 0) is 26.2 Å². The lowest BCUT2D eigenvalue weighted by atomic mass is 10.1. The van der Waals surface area contributed by atoms with Crippen molar-refractivity contribution in [3.8, 4) is 5.75 Å². The summed E-state index contributed by atoms with van der Waals surface area (Å²) in [6, 6.07) is 18.3. The largest absolute Gasteiger partial charge is 0.492 e. The van der Waals surface area contributed by atoms with E-state index in [9.17, 15) is 18.0 Å². The standard InChI is InChI=1S/C28H31Cl2N3O5S/c1-4-31-28(35)20(3)32(18-21-10-6-7-11-24(21)30)27(34)19-33(25-12-8-9-13-26(25)38-5-2)39(36,37)23-16-14-22(29)15-17-23/h6-17,20H,4-5,18-19H2,1-3H3,(H,31,35). The molecule has 1 unspecified atom stereocenters. The first-order valence-electron chi connectivity index (χ1n) is 12.4. The molecule has 8 nitrogen and oxygen atoms in total. The fourth-order valence-corrected chi connectivity index (χ4v) is 5.65. The second-order valence-corrected chi connectivity index (χ2v) is 11.3. The summed E-state index contributed by atoms with van der Waals surface area (Å²) >= 11 is 12.4. The molecule has 0 radical (unpaired) electrons. The van der Waals surface area contributed by atoms with E-state index in [1.54, 1.807) is 69.3 Å². The number of carbonyl (C=O) groups is 2. The number of sulfonamides is 1. The van der Waals surface area contributed by atoms with E-state index in [0.29, 0.717) is 27.9 Å². The Kier molecular flexibility index (Phi) is 10.6. The first-order valence-corrected chi connectivity index (χ1v) is 14.6. The number of halogens is 2. The van der Waals surface area contributed by atoms with E-state index in [4.69, 9.17) is 27.9 Å². The first kappa shape index (κ1) is 30.3. The van der Waals surface area contributed by atoms with Gasteiger partial charge < -0.3 is 15.0 Å². The molecule has 39 heavy (non-hydrogen) atoms. The normalized spacial score (nSPS) is 11.9. The molecule has 0 saturated carbocycles. The van der Waals surface area contributed by atoms with Crippen molar-refractivity contribution in [2.24, 2.45) is 0 Å².